The first kappa shape index (κ1) is 23.9. The first-order valence-corrected chi connectivity index (χ1v) is 12.6. The highest BCUT2D eigenvalue weighted by atomic mass is 16.5. The Morgan fingerprint density at radius 2 is 1.47 bits per heavy atom. The summed E-state index contributed by atoms with van der Waals surface area (Å²) in [6.45, 7) is 2.78. The lowest BCUT2D eigenvalue weighted by Crippen LogP contribution is -2.50. The lowest BCUT2D eigenvalue weighted by Gasteiger charge is -2.34. The summed E-state index contributed by atoms with van der Waals surface area (Å²) >= 11 is 0. The van der Waals surface area contributed by atoms with Gasteiger partial charge in [0.2, 0.25) is 0 Å². The molecule has 2 amide bonds. The number of carbonyl (C=O) groups is 2. The van der Waals surface area contributed by atoms with Gasteiger partial charge in [0, 0.05) is 43.9 Å². The van der Waals surface area contributed by atoms with Crippen molar-refractivity contribution < 1.29 is 19.1 Å². The molecule has 2 aliphatic rings. The van der Waals surface area contributed by atoms with E-state index in [0.29, 0.717) is 48.9 Å². The van der Waals surface area contributed by atoms with Crippen molar-refractivity contribution in [3.8, 4) is 22.9 Å². The minimum atomic E-state index is -0.0784. The van der Waals surface area contributed by atoms with E-state index in [1.807, 2.05) is 35.2 Å². The molecule has 3 aromatic rings. The van der Waals surface area contributed by atoms with Crippen molar-refractivity contribution in [1.29, 1.82) is 0 Å². The quantitative estimate of drug-likeness (QED) is 0.545. The maximum Gasteiger partial charge on any atom is 0.274 e. The molecule has 8 heteroatoms. The first-order valence-electron chi connectivity index (χ1n) is 12.6. The van der Waals surface area contributed by atoms with Gasteiger partial charge in [0.25, 0.3) is 11.8 Å². The maximum atomic E-state index is 13.6. The summed E-state index contributed by atoms with van der Waals surface area (Å²) in [4.78, 5) is 35.3. The van der Waals surface area contributed by atoms with E-state index in [1.54, 1.807) is 37.3 Å². The number of aromatic nitrogens is 2. The van der Waals surface area contributed by atoms with Crippen LogP contribution in [0.1, 0.15) is 45.8 Å². The van der Waals surface area contributed by atoms with Gasteiger partial charge in [-0.15, -0.1) is 0 Å². The Balaban J connectivity index is 1.32. The van der Waals surface area contributed by atoms with Crippen LogP contribution in [-0.2, 0) is 13.0 Å². The zero-order valence-electron chi connectivity index (χ0n) is 20.9. The van der Waals surface area contributed by atoms with Crippen molar-refractivity contribution in [1.82, 2.24) is 19.4 Å². The molecule has 0 radical (unpaired) electrons. The number of methoxy groups -OCH3 is 2. The summed E-state index contributed by atoms with van der Waals surface area (Å²) in [5, 5.41) is 0. The van der Waals surface area contributed by atoms with Gasteiger partial charge in [-0.05, 0) is 37.5 Å². The summed E-state index contributed by atoms with van der Waals surface area (Å²) in [5.41, 5.74) is 3.18. The van der Waals surface area contributed by atoms with Gasteiger partial charge in [-0.2, -0.15) is 0 Å². The lowest BCUT2D eigenvalue weighted by atomic mass is 10.1. The molecule has 2 aromatic carbocycles. The molecule has 3 heterocycles. The van der Waals surface area contributed by atoms with Gasteiger partial charge in [0.05, 0.1) is 19.9 Å². The van der Waals surface area contributed by atoms with Crippen LogP contribution in [0.4, 0.5) is 0 Å². The molecule has 0 atom stereocenters. The molecule has 36 heavy (non-hydrogen) atoms. The Labute approximate surface area is 211 Å². The monoisotopic (exact) mass is 488 g/mol. The van der Waals surface area contributed by atoms with E-state index < -0.39 is 0 Å². The van der Waals surface area contributed by atoms with Crippen LogP contribution in [0.15, 0.2) is 48.5 Å². The van der Waals surface area contributed by atoms with Crippen LogP contribution < -0.4 is 9.47 Å². The highest BCUT2D eigenvalue weighted by molar-refractivity contribution is 5.96. The third-order valence-corrected chi connectivity index (χ3v) is 7.09. The number of carbonyl (C=O) groups excluding carboxylic acids is 2. The molecule has 1 aromatic heterocycles. The normalized spacial score (nSPS) is 15.7. The van der Waals surface area contributed by atoms with E-state index in [4.69, 9.17) is 14.5 Å². The zero-order chi connectivity index (χ0) is 25.1. The van der Waals surface area contributed by atoms with Crippen LogP contribution in [-0.4, -0.2) is 71.6 Å². The molecule has 0 aliphatic carbocycles. The van der Waals surface area contributed by atoms with E-state index in [0.717, 1.165) is 49.3 Å². The Morgan fingerprint density at radius 3 is 2.17 bits per heavy atom. The maximum absolute atomic E-state index is 13.6. The summed E-state index contributed by atoms with van der Waals surface area (Å²) in [5.74, 6) is 1.86. The van der Waals surface area contributed by atoms with E-state index >= 15 is 0 Å². The standard InChI is InChI=1S/C28H32N4O4/c1-35-23-13-12-21(19-24(23)36-2)27(33)30-15-17-31(18-16-30)28(34)25-22-11-7-4-8-14-32(22)26(29-25)20-9-5-3-6-10-20/h3,5-6,9-10,12-13,19H,4,7-8,11,14-18H2,1-2H3. The van der Waals surface area contributed by atoms with Gasteiger partial charge in [0.15, 0.2) is 11.5 Å². The fourth-order valence-corrected chi connectivity index (χ4v) is 5.11. The highest BCUT2D eigenvalue weighted by Gasteiger charge is 2.31. The number of piperazine rings is 1. The van der Waals surface area contributed by atoms with Crippen molar-refractivity contribution in [2.45, 2.75) is 32.2 Å². The Morgan fingerprint density at radius 1 is 0.778 bits per heavy atom. The van der Waals surface area contributed by atoms with Gasteiger partial charge >= 0.3 is 0 Å². The molecule has 0 bridgehead atoms. The summed E-state index contributed by atoms with van der Waals surface area (Å²) < 4.78 is 12.9. The minimum Gasteiger partial charge on any atom is -0.493 e. The number of benzene rings is 2. The molecular weight excluding hydrogens is 456 g/mol. The summed E-state index contributed by atoms with van der Waals surface area (Å²) in [7, 11) is 3.12. The predicted octanol–water partition coefficient (Wildman–Crippen LogP) is 3.89. The Hall–Kier alpha value is -3.81. The van der Waals surface area contributed by atoms with Crippen LogP contribution in [0.25, 0.3) is 11.4 Å². The molecule has 188 valence electrons. The molecular formula is C28H32N4O4. The molecule has 1 fully saturated rings. The largest absolute Gasteiger partial charge is 0.493 e. The van der Waals surface area contributed by atoms with Gasteiger partial charge in [-0.25, -0.2) is 4.98 Å². The number of hydrogen-bond donors (Lipinski definition) is 0. The Kier molecular flexibility index (Phi) is 6.93. The second-order valence-corrected chi connectivity index (χ2v) is 9.21. The molecule has 1 saturated heterocycles. The van der Waals surface area contributed by atoms with Crippen LogP contribution >= 0.6 is 0 Å². The number of fused-ring (bicyclic) bond motifs is 1. The van der Waals surface area contributed by atoms with Crippen LogP contribution in [0.3, 0.4) is 0 Å². The third kappa shape index (κ3) is 4.55. The molecule has 5 rings (SSSR count). The highest BCUT2D eigenvalue weighted by Crippen LogP contribution is 2.30. The van der Waals surface area contributed by atoms with Crippen LogP contribution in [0.2, 0.25) is 0 Å². The van der Waals surface area contributed by atoms with Gasteiger partial charge < -0.3 is 23.8 Å². The van der Waals surface area contributed by atoms with E-state index in [-0.39, 0.29) is 11.8 Å². The predicted molar refractivity (Wildman–Crippen MR) is 137 cm³/mol. The van der Waals surface area contributed by atoms with E-state index in [2.05, 4.69) is 4.57 Å². The van der Waals surface area contributed by atoms with Crippen molar-refractivity contribution in [2.24, 2.45) is 0 Å². The number of hydrogen-bond acceptors (Lipinski definition) is 5. The third-order valence-electron chi connectivity index (χ3n) is 7.09. The fourth-order valence-electron chi connectivity index (χ4n) is 5.11. The second kappa shape index (κ2) is 10.4. The average Bonchev–Trinajstić information content (AvgIpc) is 3.12. The fraction of sp³-hybridized carbons (Fsp3) is 0.393. The molecule has 0 spiro atoms. The number of imidazole rings is 1. The number of nitrogens with zero attached hydrogens (tertiary/aromatic N) is 4. The average molecular weight is 489 g/mol. The minimum absolute atomic E-state index is 0.0407. The van der Waals surface area contributed by atoms with Crippen molar-refractivity contribution in [2.75, 3.05) is 40.4 Å². The first-order chi connectivity index (χ1) is 17.6. The van der Waals surface area contributed by atoms with Crippen molar-refractivity contribution >= 4 is 11.8 Å². The summed E-state index contributed by atoms with van der Waals surface area (Å²) in [6.07, 6.45) is 4.17. The second-order valence-electron chi connectivity index (χ2n) is 9.21. The topological polar surface area (TPSA) is 76.9 Å². The summed E-state index contributed by atoms with van der Waals surface area (Å²) in [6, 6.07) is 15.3. The smallest absolute Gasteiger partial charge is 0.274 e. The number of rotatable bonds is 5. The SMILES string of the molecule is COc1ccc(C(=O)N2CCN(C(=O)c3nc(-c4ccccc4)n4c3CCCCC4)CC2)cc1OC. The van der Waals surface area contributed by atoms with Crippen molar-refractivity contribution in [3.63, 3.8) is 0 Å². The Bertz CT molecular complexity index is 1250. The molecule has 0 saturated carbocycles. The van der Waals surface area contributed by atoms with Crippen LogP contribution in [0.5, 0.6) is 11.5 Å². The molecule has 8 nitrogen and oxygen atoms in total. The van der Waals surface area contributed by atoms with Gasteiger partial charge in [0.1, 0.15) is 11.5 Å². The van der Waals surface area contributed by atoms with Gasteiger partial charge in [-0.3, -0.25) is 9.59 Å². The van der Waals surface area contributed by atoms with Crippen molar-refractivity contribution in [3.05, 3.63) is 65.5 Å². The number of ether oxygens (including phenoxy) is 2. The zero-order valence-corrected chi connectivity index (χ0v) is 20.9. The van der Waals surface area contributed by atoms with Crippen LogP contribution in [0, 0.1) is 0 Å². The van der Waals surface area contributed by atoms with E-state index in [1.165, 1.54) is 0 Å². The van der Waals surface area contributed by atoms with E-state index in [9.17, 15) is 9.59 Å². The lowest BCUT2D eigenvalue weighted by molar-refractivity contribution is 0.0531. The van der Waals surface area contributed by atoms with Gasteiger partial charge in [-0.1, -0.05) is 36.8 Å². The molecule has 0 N–H and O–H groups in total. The molecule has 2 aliphatic heterocycles. The molecule has 0 unspecified atom stereocenters. The number of amides is 2.